The lowest BCUT2D eigenvalue weighted by Gasteiger charge is -2.39. The van der Waals surface area contributed by atoms with E-state index in [4.69, 9.17) is 14.5 Å². The summed E-state index contributed by atoms with van der Waals surface area (Å²) < 4.78 is 11.0. The highest BCUT2D eigenvalue weighted by Gasteiger charge is 2.27. The standard InChI is InChI=1S/C19H40N4O2.HI/c1-7-16(8-2)17(23-10-12-25-13-11-23)14-21-18(20-9-3)22-15-19(4,5)24-6;/h16-17H,7-15H2,1-6H3,(H2,20,21,22);1H. The number of guanidine groups is 1. The average Bonchev–Trinajstić information content (AvgIpc) is 2.63. The zero-order valence-corrected chi connectivity index (χ0v) is 20.0. The molecule has 1 rings (SSSR count). The van der Waals surface area contributed by atoms with Crippen molar-refractivity contribution >= 4 is 29.9 Å². The van der Waals surface area contributed by atoms with Gasteiger partial charge in [0.1, 0.15) is 0 Å². The van der Waals surface area contributed by atoms with E-state index < -0.39 is 0 Å². The molecule has 0 aromatic rings. The fraction of sp³-hybridized carbons (Fsp3) is 0.947. The highest BCUT2D eigenvalue weighted by Crippen LogP contribution is 2.19. The Morgan fingerprint density at radius 2 is 1.77 bits per heavy atom. The third-order valence-corrected chi connectivity index (χ3v) is 5.10. The van der Waals surface area contributed by atoms with E-state index in [1.807, 2.05) is 0 Å². The van der Waals surface area contributed by atoms with E-state index in [9.17, 15) is 0 Å². The fourth-order valence-electron chi connectivity index (χ4n) is 3.21. The van der Waals surface area contributed by atoms with E-state index in [1.54, 1.807) is 7.11 Å². The maximum atomic E-state index is 5.54. The summed E-state index contributed by atoms with van der Waals surface area (Å²) in [7, 11) is 1.73. The van der Waals surface area contributed by atoms with E-state index in [-0.39, 0.29) is 29.6 Å². The van der Waals surface area contributed by atoms with Gasteiger partial charge in [0.05, 0.1) is 25.4 Å². The SMILES string of the molecule is CCNC(=NCC(C)(C)OC)NCC(C(CC)CC)N1CCOCC1.I. The van der Waals surface area contributed by atoms with Crippen LogP contribution in [0.1, 0.15) is 47.5 Å². The first-order valence-corrected chi connectivity index (χ1v) is 9.86. The molecule has 1 aliphatic heterocycles. The summed E-state index contributed by atoms with van der Waals surface area (Å²) in [6.45, 7) is 16.9. The predicted molar refractivity (Wildman–Crippen MR) is 121 cm³/mol. The van der Waals surface area contributed by atoms with Crippen molar-refractivity contribution < 1.29 is 9.47 Å². The van der Waals surface area contributed by atoms with Gasteiger partial charge in [0, 0.05) is 39.3 Å². The topological polar surface area (TPSA) is 58.1 Å². The molecule has 0 aromatic carbocycles. The van der Waals surface area contributed by atoms with Crippen LogP contribution >= 0.6 is 24.0 Å². The minimum absolute atomic E-state index is 0. The van der Waals surface area contributed by atoms with Crippen molar-refractivity contribution in [1.29, 1.82) is 0 Å². The van der Waals surface area contributed by atoms with Crippen molar-refractivity contribution in [2.24, 2.45) is 10.9 Å². The molecule has 1 saturated heterocycles. The summed E-state index contributed by atoms with van der Waals surface area (Å²) in [6, 6.07) is 0.512. The number of ether oxygens (including phenoxy) is 2. The van der Waals surface area contributed by atoms with E-state index in [0.29, 0.717) is 18.5 Å². The quantitative estimate of drug-likeness (QED) is 0.284. The first kappa shape index (κ1) is 25.9. The monoisotopic (exact) mass is 484 g/mol. The molecule has 1 fully saturated rings. The highest BCUT2D eigenvalue weighted by atomic mass is 127. The second-order valence-electron chi connectivity index (χ2n) is 7.33. The predicted octanol–water partition coefficient (Wildman–Crippen LogP) is 2.72. The number of nitrogens with zero attached hydrogens (tertiary/aromatic N) is 2. The van der Waals surface area contributed by atoms with Crippen LogP contribution in [-0.4, -0.2) is 75.5 Å². The normalized spacial score (nSPS) is 17.7. The second kappa shape index (κ2) is 14.0. The molecule has 0 aliphatic carbocycles. The molecule has 1 aliphatic rings. The van der Waals surface area contributed by atoms with Gasteiger partial charge in [-0.25, -0.2) is 0 Å². The zero-order valence-electron chi connectivity index (χ0n) is 17.6. The molecule has 1 unspecified atom stereocenters. The molecule has 1 atom stereocenters. The molecule has 7 heteroatoms. The van der Waals surface area contributed by atoms with Gasteiger partial charge in [0.2, 0.25) is 0 Å². The number of nitrogens with one attached hydrogen (secondary N) is 2. The van der Waals surface area contributed by atoms with Gasteiger partial charge in [0.15, 0.2) is 5.96 Å². The molecule has 0 aromatic heterocycles. The summed E-state index contributed by atoms with van der Waals surface area (Å²) >= 11 is 0. The zero-order chi connectivity index (χ0) is 18.7. The molecule has 156 valence electrons. The number of morpholine rings is 1. The summed E-state index contributed by atoms with van der Waals surface area (Å²) in [4.78, 5) is 7.29. The van der Waals surface area contributed by atoms with Gasteiger partial charge in [-0.1, -0.05) is 26.7 Å². The van der Waals surface area contributed by atoms with Gasteiger partial charge in [-0.15, -0.1) is 24.0 Å². The summed E-state index contributed by atoms with van der Waals surface area (Å²) in [5.74, 6) is 1.56. The summed E-state index contributed by atoms with van der Waals surface area (Å²) in [5.41, 5.74) is -0.249. The van der Waals surface area contributed by atoms with Crippen LogP contribution in [0, 0.1) is 5.92 Å². The van der Waals surface area contributed by atoms with Crippen molar-refractivity contribution in [1.82, 2.24) is 15.5 Å². The molecule has 26 heavy (non-hydrogen) atoms. The lowest BCUT2D eigenvalue weighted by Crippen LogP contribution is -2.53. The van der Waals surface area contributed by atoms with Crippen LogP contribution in [0.3, 0.4) is 0 Å². The Labute approximate surface area is 177 Å². The third kappa shape index (κ3) is 9.19. The summed E-state index contributed by atoms with van der Waals surface area (Å²) in [5, 5.41) is 6.92. The van der Waals surface area contributed by atoms with Gasteiger partial charge < -0.3 is 20.1 Å². The first-order valence-electron chi connectivity index (χ1n) is 9.86. The average molecular weight is 484 g/mol. The fourth-order valence-corrected chi connectivity index (χ4v) is 3.21. The molecule has 1 heterocycles. The van der Waals surface area contributed by atoms with Gasteiger partial charge in [-0.05, 0) is 26.7 Å². The van der Waals surface area contributed by atoms with Crippen LogP contribution in [0.25, 0.3) is 0 Å². The molecule has 0 bridgehead atoms. The van der Waals surface area contributed by atoms with Crippen molar-refractivity contribution in [3.8, 4) is 0 Å². The summed E-state index contributed by atoms with van der Waals surface area (Å²) in [6.07, 6.45) is 2.40. The Kier molecular flexibility index (Phi) is 13.9. The van der Waals surface area contributed by atoms with Crippen molar-refractivity contribution in [2.75, 3.05) is 53.0 Å². The maximum absolute atomic E-state index is 5.54. The lowest BCUT2D eigenvalue weighted by atomic mass is 9.92. The molecule has 0 amide bonds. The van der Waals surface area contributed by atoms with Crippen molar-refractivity contribution in [3.05, 3.63) is 0 Å². The second-order valence-corrected chi connectivity index (χ2v) is 7.33. The van der Waals surface area contributed by atoms with Gasteiger partial charge in [0.25, 0.3) is 0 Å². The van der Waals surface area contributed by atoms with E-state index >= 15 is 0 Å². The molecule has 0 spiro atoms. The number of aliphatic imine (C=N–C) groups is 1. The van der Waals surface area contributed by atoms with Gasteiger partial charge >= 0.3 is 0 Å². The van der Waals surface area contributed by atoms with Crippen molar-refractivity contribution in [2.45, 2.75) is 59.1 Å². The number of hydrogen-bond acceptors (Lipinski definition) is 4. The number of halogens is 1. The minimum Gasteiger partial charge on any atom is -0.379 e. The van der Waals surface area contributed by atoms with E-state index in [0.717, 1.165) is 45.4 Å². The molecular formula is C19H41IN4O2. The number of hydrogen-bond donors (Lipinski definition) is 2. The van der Waals surface area contributed by atoms with Crippen molar-refractivity contribution in [3.63, 3.8) is 0 Å². The van der Waals surface area contributed by atoms with E-state index in [2.05, 4.69) is 50.2 Å². The molecule has 2 N–H and O–H groups in total. The molecule has 6 nitrogen and oxygen atoms in total. The van der Waals surface area contributed by atoms with Crippen LogP contribution in [0.2, 0.25) is 0 Å². The Hall–Kier alpha value is -0.120. The Balaban J connectivity index is 0.00000625. The highest BCUT2D eigenvalue weighted by molar-refractivity contribution is 14.0. The van der Waals surface area contributed by atoms with Crippen LogP contribution in [0.4, 0.5) is 0 Å². The number of rotatable bonds is 10. The molecule has 0 radical (unpaired) electrons. The smallest absolute Gasteiger partial charge is 0.191 e. The van der Waals surface area contributed by atoms with Gasteiger partial charge in [-0.3, -0.25) is 9.89 Å². The van der Waals surface area contributed by atoms with Gasteiger partial charge in [-0.2, -0.15) is 0 Å². The van der Waals surface area contributed by atoms with Crippen LogP contribution in [-0.2, 0) is 9.47 Å². The van der Waals surface area contributed by atoms with E-state index in [1.165, 1.54) is 12.8 Å². The maximum Gasteiger partial charge on any atom is 0.191 e. The van der Waals surface area contributed by atoms with Crippen LogP contribution < -0.4 is 10.6 Å². The largest absolute Gasteiger partial charge is 0.379 e. The third-order valence-electron chi connectivity index (χ3n) is 5.10. The Morgan fingerprint density at radius 1 is 1.15 bits per heavy atom. The first-order chi connectivity index (χ1) is 12.0. The molecule has 0 saturated carbocycles. The minimum atomic E-state index is -0.249. The molecular weight excluding hydrogens is 443 g/mol. The van der Waals surface area contributed by atoms with Crippen LogP contribution in [0.15, 0.2) is 4.99 Å². The Bertz CT molecular complexity index is 384. The number of methoxy groups -OCH3 is 1. The lowest BCUT2D eigenvalue weighted by molar-refractivity contribution is 0.00268. The van der Waals surface area contributed by atoms with Crippen LogP contribution in [0.5, 0.6) is 0 Å². The Morgan fingerprint density at radius 3 is 2.27 bits per heavy atom.